The van der Waals surface area contributed by atoms with Crippen LogP contribution in [0.3, 0.4) is 0 Å². The van der Waals surface area contributed by atoms with Gasteiger partial charge in [0.05, 0.1) is 0 Å². The van der Waals surface area contributed by atoms with Crippen LogP contribution in [0.5, 0.6) is 0 Å². The van der Waals surface area contributed by atoms with Gasteiger partial charge in [-0.1, -0.05) is 35.8 Å². The lowest BCUT2D eigenvalue weighted by atomic mass is 11.9. The highest BCUT2D eigenvalue weighted by Gasteiger charge is 1.78. The average Bonchev–Trinajstić information content (AvgIpc) is 0.811. The molecule has 0 saturated heterocycles. The van der Waals surface area contributed by atoms with Crippen molar-refractivity contribution in [1.29, 1.82) is 0 Å². The Labute approximate surface area is 40.5 Å². The third kappa shape index (κ3) is 12.6. The number of rotatable bonds is 0. The zero-order valence-corrected chi connectivity index (χ0v) is 4.07. The maximum atomic E-state index is 4.85. The van der Waals surface area contributed by atoms with Crippen molar-refractivity contribution in [3.63, 3.8) is 0 Å². The Morgan fingerprint density at radius 2 is 1.50 bits per heavy atom. The summed E-state index contributed by atoms with van der Waals surface area (Å²) >= 11 is 13.9. The standard InChI is InChI=1S/CHCl2S/c2-1(3)4/h1H. The lowest BCUT2D eigenvalue weighted by molar-refractivity contribution is 2.03. The van der Waals surface area contributed by atoms with Crippen LogP contribution < -0.4 is 0 Å². The van der Waals surface area contributed by atoms with Crippen LogP contribution in [0, 0.1) is 0 Å². The van der Waals surface area contributed by atoms with Crippen LogP contribution in [-0.2, 0) is 0 Å². The topological polar surface area (TPSA) is 0 Å². The van der Waals surface area contributed by atoms with E-state index >= 15 is 0 Å². The second-order valence-electron chi connectivity index (χ2n) is 0.261. The molecule has 0 spiro atoms. The Balaban J connectivity index is 2.32. The van der Waals surface area contributed by atoms with Gasteiger partial charge >= 0.3 is 0 Å². The second-order valence-corrected chi connectivity index (χ2v) is 2.35. The first kappa shape index (κ1) is 4.93. The van der Waals surface area contributed by atoms with Gasteiger partial charge in [-0.05, 0) is 0 Å². The SMILES string of the molecule is [S]C(Cl)Cl. The quantitative estimate of drug-likeness (QED) is 0.424. The van der Waals surface area contributed by atoms with Gasteiger partial charge in [0.2, 0.25) is 0 Å². The molecule has 0 aromatic heterocycles. The predicted octanol–water partition coefficient (Wildman–Crippen LogP) is 1.95. The van der Waals surface area contributed by atoms with E-state index in [0.717, 1.165) is 0 Å². The molecule has 0 fully saturated rings. The largest absolute Gasteiger partial charge is 0.162 e. The molecule has 1 radical (unpaired) electrons. The van der Waals surface area contributed by atoms with Crippen molar-refractivity contribution < 1.29 is 0 Å². The third-order valence-corrected chi connectivity index (χ3v) is 0. The average molecular weight is 116 g/mol. The lowest BCUT2D eigenvalue weighted by Gasteiger charge is -1.69. The van der Waals surface area contributed by atoms with Crippen molar-refractivity contribution in [3.05, 3.63) is 0 Å². The summed E-state index contributed by atoms with van der Waals surface area (Å²) in [5.41, 5.74) is 0. The van der Waals surface area contributed by atoms with Crippen LogP contribution in [0.1, 0.15) is 0 Å². The zero-order valence-electron chi connectivity index (χ0n) is 1.74. The number of alkyl halides is 2. The first-order chi connectivity index (χ1) is 1.73. The van der Waals surface area contributed by atoms with Crippen LogP contribution in [0.2, 0.25) is 0 Å². The van der Waals surface area contributed by atoms with Crippen LogP contribution in [0.4, 0.5) is 0 Å². The van der Waals surface area contributed by atoms with Gasteiger partial charge in [0.15, 0.2) is 4.17 Å². The molecule has 0 aromatic carbocycles. The zero-order chi connectivity index (χ0) is 3.58. The molecule has 0 saturated carbocycles. The molecule has 0 rings (SSSR count). The molecule has 0 bridgehead atoms. The molecule has 0 nitrogen and oxygen atoms in total. The van der Waals surface area contributed by atoms with E-state index in [1.807, 2.05) is 0 Å². The van der Waals surface area contributed by atoms with Gasteiger partial charge in [-0.15, -0.1) is 0 Å². The first-order valence-electron chi connectivity index (χ1n) is 0.672. The van der Waals surface area contributed by atoms with Crippen molar-refractivity contribution in [2.24, 2.45) is 0 Å². The van der Waals surface area contributed by atoms with E-state index < -0.39 is 4.17 Å². The van der Waals surface area contributed by atoms with Gasteiger partial charge in [0, 0.05) is 0 Å². The van der Waals surface area contributed by atoms with Crippen molar-refractivity contribution in [2.45, 2.75) is 4.17 Å². The molecule has 0 N–H and O–H groups in total. The number of halogens is 2. The number of hydrogen-bond acceptors (Lipinski definition) is 0. The van der Waals surface area contributed by atoms with Gasteiger partial charge in [-0.3, -0.25) is 0 Å². The summed E-state index contributed by atoms with van der Waals surface area (Å²) in [6, 6.07) is 0. The summed E-state index contributed by atoms with van der Waals surface area (Å²) in [5, 5.41) is 0. The molecule has 3 heteroatoms. The highest BCUT2D eigenvalue weighted by atomic mass is 35.5. The molecule has 0 heterocycles. The minimum Gasteiger partial charge on any atom is -0.0923 e. The Morgan fingerprint density at radius 3 is 1.50 bits per heavy atom. The first-order valence-corrected chi connectivity index (χ1v) is 2.02. The lowest BCUT2D eigenvalue weighted by Crippen LogP contribution is -1.55. The third-order valence-electron chi connectivity index (χ3n) is 0. The predicted molar refractivity (Wildman–Crippen MR) is 23.1 cm³/mol. The van der Waals surface area contributed by atoms with E-state index in [4.69, 9.17) is 23.2 Å². The second kappa shape index (κ2) is 2.18. The van der Waals surface area contributed by atoms with Crippen molar-refractivity contribution in [3.8, 4) is 0 Å². The fourth-order valence-corrected chi connectivity index (χ4v) is 0. The van der Waals surface area contributed by atoms with E-state index in [2.05, 4.69) is 12.6 Å². The summed E-state index contributed by atoms with van der Waals surface area (Å²) in [5.74, 6) is 0. The molecule has 0 unspecified atom stereocenters. The normalized spacial score (nSPS) is 9.00. The van der Waals surface area contributed by atoms with Gasteiger partial charge in [0.1, 0.15) is 0 Å². The summed E-state index contributed by atoms with van der Waals surface area (Å²) in [7, 11) is 0. The van der Waals surface area contributed by atoms with E-state index in [9.17, 15) is 0 Å². The fraction of sp³-hybridized carbons (Fsp3) is 1.00. The Bertz CT molecular complexity index is 10.8. The molecule has 0 atom stereocenters. The van der Waals surface area contributed by atoms with Crippen LogP contribution >= 0.6 is 35.8 Å². The van der Waals surface area contributed by atoms with E-state index in [1.165, 1.54) is 0 Å². The highest BCUT2D eigenvalue weighted by molar-refractivity contribution is 7.84. The Kier molecular flexibility index (Phi) is 2.69. The van der Waals surface area contributed by atoms with Crippen molar-refractivity contribution in [1.82, 2.24) is 0 Å². The minimum absolute atomic E-state index is 0.639. The van der Waals surface area contributed by atoms with Crippen LogP contribution in [0.25, 0.3) is 0 Å². The van der Waals surface area contributed by atoms with E-state index in [-0.39, 0.29) is 0 Å². The molecule has 4 heavy (non-hydrogen) atoms. The maximum Gasteiger partial charge on any atom is 0.162 e. The van der Waals surface area contributed by atoms with Gasteiger partial charge in [-0.25, -0.2) is 0 Å². The van der Waals surface area contributed by atoms with E-state index in [0.29, 0.717) is 0 Å². The van der Waals surface area contributed by atoms with Crippen LogP contribution in [0.15, 0.2) is 0 Å². The summed E-state index contributed by atoms with van der Waals surface area (Å²) < 4.78 is -0.639. The molecular weight excluding hydrogens is 115 g/mol. The van der Waals surface area contributed by atoms with Crippen LogP contribution in [-0.4, -0.2) is 4.17 Å². The summed E-state index contributed by atoms with van der Waals surface area (Å²) in [4.78, 5) is 0. The summed E-state index contributed by atoms with van der Waals surface area (Å²) in [6.45, 7) is 0. The number of hydrogen-bond donors (Lipinski definition) is 0. The summed E-state index contributed by atoms with van der Waals surface area (Å²) in [6.07, 6.45) is 0. The van der Waals surface area contributed by atoms with Gasteiger partial charge in [-0.2, -0.15) is 0 Å². The Hall–Kier alpha value is 0.930. The van der Waals surface area contributed by atoms with Crippen molar-refractivity contribution in [2.75, 3.05) is 0 Å². The Morgan fingerprint density at radius 1 is 1.50 bits per heavy atom. The molecule has 0 amide bonds. The van der Waals surface area contributed by atoms with Gasteiger partial charge in [0.25, 0.3) is 0 Å². The molecular formula is CHCl2S. The highest BCUT2D eigenvalue weighted by Crippen LogP contribution is 2.02. The molecule has 0 aliphatic heterocycles. The molecule has 0 aromatic rings. The maximum absolute atomic E-state index is 4.85. The fourth-order valence-electron chi connectivity index (χ4n) is 0. The van der Waals surface area contributed by atoms with Crippen molar-refractivity contribution >= 4 is 35.8 Å². The molecule has 0 aliphatic rings. The molecule has 25 valence electrons. The monoisotopic (exact) mass is 115 g/mol. The smallest absolute Gasteiger partial charge is 0.0923 e. The molecule has 0 aliphatic carbocycles. The van der Waals surface area contributed by atoms with Gasteiger partial charge < -0.3 is 0 Å². The minimum atomic E-state index is -0.639. The van der Waals surface area contributed by atoms with E-state index in [1.54, 1.807) is 0 Å².